The van der Waals surface area contributed by atoms with Gasteiger partial charge in [0.05, 0.1) is 13.0 Å². The van der Waals surface area contributed by atoms with Crippen molar-refractivity contribution in [3.05, 3.63) is 35.6 Å². The maximum absolute atomic E-state index is 13.3. The molecule has 1 aromatic rings. The zero-order valence-corrected chi connectivity index (χ0v) is 17.6. The van der Waals surface area contributed by atoms with Crippen LogP contribution in [0.2, 0.25) is 0 Å². The van der Waals surface area contributed by atoms with Gasteiger partial charge in [-0.1, -0.05) is 12.1 Å². The Kier molecular flexibility index (Phi) is 9.78. The summed E-state index contributed by atoms with van der Waals surface area (Å²) in [7, 11) is 0. The Morgan fingerprint density at radius 3 is 2.33 bits per heavy atom. The molecule has 0 radical (unpaired) electrons. The fraction of sp³-hybridized carbons (Fsp3) is 0.611. The Bertz CT molecular complexity index is 587. The second-order valence-corrected chi connectivity index (χ2v) is 6.39. The number of hydrogen-bond donors (Lipinski definition) is 2. The molecule has 0 aromatic heterocycles. The molecule has 27 heavy (non-hydrogen) atoms. The zero-order valence-electron chi connectivity index (χ0n) is 15.2. The summed E-state index contributed by atoms with van der Waals surface area (Å²) >= 11 is 0. The number of aliphatic imine (C=N–C) groups is 1. The fourth-order valence-electron chi connectivity index (χ4n) is 3.00. The lowest BCUT2D eigenvalue weighted by Crippen LogP contribution is -2.42. The molecule has 2 rings (SSSR count). The molecule has 4 nitrogen and oxygen atoms in total. The Morgan fingerprint density at radius 2 is 1.78 bits per heavy atom. The van der Waals surface area contributed by atoms with Gasteiger partial charge in [-0.3, -0.25) is 4.99 Å². The first kappa shape index (κ1) is 23.9. The van der Waals surface area contributed by atoms with Crippen LogP contribution in [0.15, 0.2) is 29.3 Å². The van der Waals surface area contributed by atoms with Crippen LogP contribution in [0, 0.1) is 5.82 Å². The molecule has 0 atom stereocenters. The van der Waals surface area contributed by atoms with Crippen molar-refractivity contribution in [2.45, 2.75) is 37.8 Å². The van der Waals surface area contributed by atoms with Gasteiger partial charge < -0.3 is 15.4 Å². The van der Waals surface area contributed by atoms with Gasteiger partial charge in [-0.15, -0.1) is 24.0 Å². The molecule has 2 N–H and O–H groups in total. The highest BCUT2D eigenvalue weighted by atomic mass is 127. The quantitative estimate of drug-likeness (QED) is 0.267. The largest absolute Gasteiger partial charge is 0.390 e. The average Bonchev–Trinajstić information content (AvgIpc) is 2.60. The summed E-state index contributed by atoms with van der Waals surface area (Å²) in [6, 6.07) is 6.34. The summed E-state index contributed by atoms with van der Waals surface area (Å²) in [4.78, 5) is 4.51. The number of hydrogen-bond acceptors (Lipinski definition) is 2. The predicted octanol–water partition coefficient (Wildman–Crippen LogP) is 4.00. The normalized spacial score (nSPS) is 17.1. The van der Waals surface area contributed by atoms with Gasteiger partial charge >= 0.3 is 6.18 Å². The molecule has 1 saturated heterocycles. The third kappa shape index (κ3) is 7.81. The molecule has 0 spiro atoms. The van der Waals surface area contributed by atoms with Crippen molar-refractivity contribution in [2.24, 2.45) is 4.99 Å². The first-order valence-electron chi connectivity index (χ1n) is 8.77. The van der Waals surface area contributed by atoms with Crippen molar-refractivity contribution in [1.82, 2.24) is 10.6 Å². The minimum absolute atomic E-state index is 0. The van der Waals surface area contributed by atoms with Crippen molar-refractivity contribution < 1.29 is 22.3 Å². The second kappa shape index (κ2) is 11.0. The molecule has 1 aliphatic heterocycles. The third-order valence-electron chi connectivity index (χ3n) is 4.49. The maximum Gasteiger partial charge on any atom is 0.390 e. The van der Waals surface area contributed by atoms with Crippen molar-refractivity contribution in [1.29, 1.82) is 0 Å². The Morgan fingerprint density at radius 1 is 1.15 bits per heavy atom. The highest BCUT2D eigenvalue weighted by Gasteiger charge is 2.34. The van der Waals surface area contributed by atoms with E-state index in [1.165, 1.54) is 12.1 Å². The smallest absolute Gasteiger partial charge is 0.381 e. The molecule has 0 aliphatic carbocycles. The summed E-state index contributed by atoms with van der Waals surface area (Å²) < 4.78 is 55.7. The zero-order chi connectivity index (χ0) is 19.0. The number of nitrogens with one attached hydrogen (secondary N) is 2. The van der Waals surface area contributed by atoms with Crippen LogP contribution in [0.25, 0.3) is 0 Å². The van der Waals surface area contributed by atoms with Crippen molar-refractivity contribution >= 4 is 29.9 Å². The number of alkyl halides is 3. The predicted molar refractivity (Wildman–Crippen MR) is 108 cm³/mol. The second-order valence-electron chi connectivity index (χ2n) is 6.39. The molecule has 0 amide bonds. The van der Waals surface area contributed by atoms with E-state index in [9.17, 15) is 17.6 Å². The van der Waals surface area contributed by atoms with Crippen LogP contribution >= 0.6 is 24.0 Å². The molecule has 0 unspecified atom stereocenters. The number of ether oxygens (including phenoxy) is 1. The Balaban J connectivity index is 0.00000364. The summed E-state index contributed by atoms with van der Waals surface area (Å²) in [6.45, 7) is 3.71. The lowest BCUT2D eigenvalue weighted by atomic mass is 9.74. The van der Waals surface area contributed by atoms with Crippen molar-refractivity contribution in [3.8, 4) is 0 Å². The summed E-state index contributed by atoms with van der Waals surface area (Å²) in [6.07, 6.45) is -3.68. The molecule has 1 heterocycles. The van der Waals surface area contributed by atoms with E-state index in [4.69, 9.17) is 4.74 Å². The van der Waals surface area contributed by atoms with Crippen LogP contribution in [0.1, 0.15) is 31.7 Å². The number of guanidine groups is 1. The van der Waals surface area contributed by atoms with E-state index in [0.29, 0.717) is 32.3 Å². The molecule has 1 aromatic carbocycles. The minimum atomic E-state index is -4.21. The van der Waals surface area contributed by atoms with E-state index >= 15 is 0 Å². The highest BCUT2D eigenvalue weighted by Crippen LogP contribution is 2.35. The average molecular weight is 503 g/mol. The van der Waals surface area contributed by atoms with Crippen LogP contribution in [0.3, 0.4) is 0 Å². The van der Waals surface area contributed by atoms with Gasteiger partial charge in [0.25, 0.3) is 0 Å². The van der Waals surface area contributed by atoms with Gasteiger partial charge in [-0.25, -0.2) is 4.39 Å². The van der Waals surface area contributed by atoms with E-state index in [1.807, 2.05) is 6.92 Å². The van der Waals surface area contributed by atoms with Crippen molar-refractivity contribution in [2.75, 3.05) is 32.8 Å². The van der Waals surface area contributed by atoms with Gasteiger partial charge in [-0.2, -0.15) is 13.2 Å². The fourth-order valence-corrected chi connectivity index (χ4v) is 3.00. The van der Waals surface area contributed by atoms with Gasteiger partial charge in [0.2, 0.25) is 0 Å². The van der Waals surface area contributed by atoms with Crippen LogP contribution in [-0.2, 0) is 10.2 Å². The lowest BCUT2D eigenvalue weighted by Gasteiger charge is -2.36. The van der Waals surface area contributed by atoms with E-state index < -0.39 is 12.6 Å². The van der Waals surface area contributed by atoms with Gasteiger partial charge in [0, 0.05) is 31.7 Å². The maximum atomic E-state index is 13.3. The number of benzene rings is 1. The standard InChI is InChI=1S/C18H25F4N3O.HI/c1-2-23-16(24-10-7-18(20,21)22)25-13-17(8-11-26-12-9-17)14-3-5-15(19)6-4-14;/h3-6H,2,7-13H2,1H3,(H2,23,24,25);1H. The number of rotatable bonds is 6. The molecular weight excluding hydrogens is 477 g/mol. The van der Waals surface area contributed by atoms with E-state index in [0.717, 1.165) is 18.4 Å². The van der Waals surface area contributed by atoms with Crippen LogP contribution in [-0.4, -0.2) is 45.0 Å². The molecule has 0 saturated carbocycles. The van der Waals surface area contributed by atoms with Crippen LogP contribution in [0.5, 0.6) is 0 Å². The summed E-state index contributed by atoms with van der Waals surface area (Å²) in [5.41, 5.74) is 0.662. The van der Waals surface area contributed by atoms with Gasteiger partial charge in [0.15, 0.2) is 5.96 Å². The van der Waals surface area contributed by atoms with Crippen LogP contribution in [0.4, 0.5) is 17.6 Å². The Hall–Kier alpha value is -1.10. The first-order chi connectivity index (χ1) is 12.3. The molecule has 1 fully saturated rings. The minimum Gasteiger partial charge on any atom is -0.381 e. The summed E-state index contributed by atoms with van der Waals surface area (Å²) in [5.74, 6) is 0.0475. The molecular formula is C18H26F4IN3O. The van der Waals surface area contributed by atoms with Gasteiger partial charge in [-0.05, 0) is 37.5 Å². The van der Waals surface area contributed by atoms with Crippen LogP contribution < -0.4 is 10.6 Å². The molecule has 1 aliphatic rings. The van der Waals surface area contributed by atoms with E-state index in [2.05, 4.69) is 15.6 Å². The molecule has 0 bridgehead atoms. The monoisotopic (exact) mass is 503 g/mol. The SMILES string of the molecule is CCNC(=NCC1(c2ccc(F)cc2)CCOCC1)NCCC(F)(F)F.I. The highest BCUT2D eigenvalue weighted by molar-refractivity contribution is 14.0. The lowest BCUT2D eigenvalue weighted by molar-refractivity contribution is -0.132. The Labute approximate surface area is 174 Å². The van der Waals surface area contributed by atoms with E-state index in [-0.39, 0.29) is 41.8 Å². The van der Waals surface area contributed by atoms with E-state index in [1.54, 1.807) is 12.1 Å². The van der Waals surface area contributed by atoms with Gasteiger partial charge in [0.1, 0.15) is 5.82 Å². The molecule has 154 valence electrons. The number of nitrogens with zero attached hydrogens (tertiary/aromatic N) is 1. The first-order valence-corrected chi connectivity index (χ1v) is 8.77. The summed E-state index contributed by atoms with van der Waals surface area (Å²) in [5, 5.41) is 5.69. The van der Waals surface area contributed by atoms with Crippen molar-refractivity contribution in [3.63, 3.8) is 0 Å². The number of halogens is 5. The topological polar surface area (TPSA) is 45.7 Å². The molecule has 9 heteroatoms. The third-order valence-corrected chi connectivity index (χ3v) is 4.49.